The number of nitrogens with one attached hydrogen (secondary N) is 2. The maximum atomic E-state index is 14.6. The first-order chi connectivity index (χ1) is 26.4. The van der Waals surface area contributed by atoms with E-state index in [2.05, 4.69) is 26.0 Å². The van der Waals surface area contributed by atoms with E-state index in [0.717, 1.165) is 12.8 Å². The summed E-state index contributed by atoms with van der Waals surface area (Å²) in [4.78, 5) is 62.2. The number of Topliss-reactive ketones (excluding diaryl/α,β-unsaturated/α-hetero) is 1. The summed E-state index contributed by atoms with van der Waals surface area (Å²) >= 11 is 3.60. The number of sulfonamides is 1. The Bertz CT molecular complexity index is 2000. The molecule has 14 nitrogen and oxygen atoms in total. The molecule has 3 fully saturated rings. The van der Waals surface area contributed by atoms with Gasteiger partial charge in [0.05, 0.1) is 46.5 Å². The molecule has 0 spiro atoms. The molecular weight excluding hydrogens is 808 g/mol. The molecule has 6 rings (SSSR count). The lowest BCUT2D eigenvalue weighted by Crippen LogP contribution is -2.53. The predicted molar refractivity (Wildman–Crippen MR) is 212 cm³/mol. The summed E-state index contributed by atoms with van der Waals surface area (Å²) in [5.41, 5.74) is -1.55. The van der Waals surface area contributed by atoms with Crippen LogP contribution in [0.25, 0.3) is 10.9 Å². The molecule has 56 heavy (non-hydrogen) atoms. The van der Waals surface area contributed by atoms with Gasteiger partial charge >= 0.3 is 6.09 Å². The normalized spacial score (nSPS) is 26.7. The highest BCUT2D eigenvalue weighted by Crippen LogP contribution is 2.57. The second kappa shape index (κ2) is 16.5. The van der Waals surface area contributed by atoms with Gasteiger partial charge in [-0.05, 0) is 107 Å². The first-order valence-electron chi connectivity index (χ1n) is 19.5. The monoisotopic (exact) mass is 860 g/mol. The number of hydrogen-bond acceptors (Lipinski definition) is 11. The third-order valence-electron chi connectivity index (χ3n) is 10.6. The second-order valence-electron chi connectivity index (χ2n) is 16.6. The Labute approximate surface area is 337 Å². The van der Waals surface area contributed by atoms with Gasteiger partial charge in [-0.3, -0.25) is 19.1 Å². The number of amides is 3. The van der Waals surface area contributed by atoms with Crippen LogP contribution >= 0.6 is 15.9 Å². The zero-order chi connectivity index (χ0) is 40.6. The third kappa shape index (κ3) is 9.60. The van der Waals surface area contributed by atoms with Crippen LogP contribution in [0, 0.1) is 11.3 Å². The van der Waals surface area contributed by atoms with Crippen LogP contribution in [0.5, 0.6) is 17.4 Å². The highest BCUT2D eigenvalue weighted by atomic mass is 79.9. The number of nitrogens with zero attached hydrogens (tertiary/aromatic N) is 2. The summed E-state index contributed by atoms with van der Waals surface area (Å²) in [6, 6.07) is 3.24. The van der Waals surface area contributed by atoms with Gasteiger partial charge in [0, 0.05) is 24.3 Å². The lowest BCUT2D eigenvalue weighted by atomic mass is 9.91. The Morgan fingerprint density at radius 3 is 2.50 bits per heavy atom. The number of alkyl carbamates (subject to hydrolysis) is 1. The standard InChI is InChI=1S/C40H53BrN4O10S/c1-23(2)53-33-19-32(27-16-17-31(52-6)34(41)35(27)43-33)54-25-18-29-30(46)21-40(37(48)44-56(50,51)26-14-15-26)20-24(40)12-10-8-7-9-11-13-28(36(47)45(29)22-25)42-38(49)55-39(3,4)5/h10,12,16-17,19,23-26,28-29H,7-9,11,13-15,18,20-22H2,1-6H3,(H,42,49)(H,44,48)/b12-10-/t24-,25+,28-,29-,40+/m0/s1. The van der Waals surface area contributed by atoms with Crippen LogP contribution in [0.2, 0.25) is 0 Å². The number of pyridine rings is 1. The summed E-state index contributed by atoms with van der Waals surface area (Å²) in [6.45, 7) is 8.96. The number of benzene rings is 1. The zero-order valence-electron chi connectivity index (χ0n) is 32.9. The first-order valence-corrected chi connectivity index (χ1v) is 21.8. The van der Waals surface area contributed by atoms with E-state index in [0.29, 0.717) is 71.3 Å². The number of methoxy groups -OCH3 is 1. The molecule has 1 aromatic heterocycles. The Morgan fingerprint density at radius 1 is 1.07 bits per heavy atom. The number of ketones is 1. The van der Waals surface area contributed by atoms with Gasteiger partial charge in [-0.2, -0.15) is 0 Å². The summed E-state index contributed by atoms with van der Waals surface area (Å²) in [7, 11) is -2.32. The molecule has 1 aromatic carbocycles. The number of rotatable bonds is 9. The zero-order valence-corrected chi connectivity index (χ0v) is 35.3. The fourth-order valence-electron chi connectivity index (χ4n) is 7.56. The molecule has 0 unspecified atom stereocenters. The number of ether oxygens (including phenoxy) is 4. The van der Waals surface area contributed by atoms with Crippen molar-refractivity contribution in [2.24, 2.45) is 11.3 Å². The molecule has 306 valence electrons. The van der Waals surface area contributed by atoms with Gasteiger partial charge in [-0.25, -0.2) is 18.2 Å². The largest absolute Gasteiger partial charge is 0.495 e. The SMILES string of the molecule is COc1ccc2c(O[C@@H]3C[C@H]4C(=O)C[C@]5(C(=O)NS(=O)(=O)C6CC6)C[C@@H]5/C=C\CCCCC[C@H](NC(=O)OC(C)(C)C)C(=O)N4C3)cc(OC(C)C)nc2c1Br. The molecule has 2 aromatic rings. The number of hydrogen-bond donors (Lipinski definition) is 2. The number of fused-ring (bicyclic) bond motifs is 3. The Morgan fingerprint density at radius 2 is 1.82 bits per heavy atom. The highest BCUT2D eigenvalue weighted by Gasteiger charge is 2.61. The minimum absolute atomic E-state index is 0.00182. The van der Waals surface area contributed by atoms with Crippen LogP contribution in [0.1, 0.15) is 98.8 Å². The van der Waals surface area contributed by atoms with Crippen LogP contribution < -0.4 is 24.2 Å². The number of carbonyl (C=O) groups excluding carboxylic acids is 4. The van der Waals surface area contributed by atoms with Gasteiger partial charge in [0.25, 0.3) is 0 Å². The van der Waals surface area contributed by atoms with E-state index in [1.807, 2.05) is 32.1 Å². The molecule has 0 bridgehead atoms. The van der Waals surface area contributed by atoms with Crippen LogP contribution in [0.15, 0.2) is 34.8 Å². The first kappa shape index (κ1) is 41.7. The Kier molecular flexibility index (Phi) is 12.3. The average Bonchev–Trinajstić information content (AvgIpc) is 4.03. The summed E-state index contributed by atoms with van der Waals surface area (Å²) in [5.74, 6) is -0.596. The minimum Gasteiger partial charge on any atom is -0.495 e. The molecule has 16 heteroatoms. The van der Waals surface area contributed by atoms with Crippen LogP contribution in [-0.4, -0.2) is 90.8 Å². The van der Waals surface area contributed by atoms with E-state index in [1.54, 1.807) is 40.0 Å². The summed E-state index contributed by atoms with van der Waals surface area (Å²) in [5, 5.41) is 2.80. The van der Waals surface area contributed by atoms with Crippen LogP contribution in [-0.2, 0) is 29.1 Å². The van der Waals surface area contributed by atoms with E-state index in [9.17, 15) is 27.6 Å². The van der Waals surface area contributed by atoms with Crippen molar-refractivity contribution in [3.05, 3.63) is 34.8 Å². The molecule has 1 saturated heterocycles. The van der Waals surface area contributed by atoms with Crippen molar-refractivity contribution in [1.82, 2.24) is 19.9 Å². The molecule has 2 saturated carbocycles. The van der Waals surface area contributed by atoms with E-state index in [-0.39, 0.29) is 37.2 Å². The fraction of sp³-hybridized carbons (Fsp3) is 0.625. The van der Waals surface area contributed by atoms with Crippen molar-refractivity contribution >= 4 is 60.5 Å². The molecule has 3 heterocycles. The van der Waals surface area contributed by atoms with Crippen molar-refractivity contribution in [3.8, 4) is 17.4 Å². The number of allylic oxidation sites excluding steroid dienone is 2. The summed E-state index contributed by atoms with van der Waals surface area (Å²) < 4.78 is 52.4. The lowest BCUT2D eigenvalue weighted by molar-refractivity contribution is -0.140. The average molecular weight is 862 g/mol. The van der Waals surface area contributed by atoms with Crippen LogP contribution in [0.3, 0.4) is 0 Å². The topological polar surface area (TPSA) is 180 Å². The maximum absolute atomic E-state index is 14.6. The van der Waals surface area contributed by atoms with Crippen molar-refractivity contribution in [1.29, 1.82) is 0 Å². The van der Waals surface area contributed by atoms with E-state index in [4.69, 9.17) is 23.9 Å². The smallest absolute Gasteiger partial charge is 0.408 e. The van der Waals surface area contributed by atoms with Crippen LogP contribution in [0.4, 0.5) is 4.79 Å². The molecule has 3 amide bonds. The van der Waals surface area contributed by atoms with Gasteiger partial charge in [-0.15, -0.1) is 0 Å². The molecule has 2 aliphatic heterocycles. The second-order valence-corrected chi connectivity index (χ2v) is 19.4. The maximum Gasteiger partial charge on any atom is 0.408 e. The van der Waals surface area contributed by atoms with Gasteiger partial charge in [0.2, 0.25) is 27.7 Å². The van der Waals surface area contributed by atoms with Gasteiger partial charge in [0.15, 0.2) is 5.78 Å². The van der Waals surface area contributed by atoms with Gasteiger partial charge in [-0.1, -0.05) is 25.0 Å². The third-order valence-corrected chi connectivity index (χ3v) is 13.2. The van der Waals surface area contributed by atoms with Crippen molar-refractivity contribution in [2.75, 3.05) is 13.7 Å². The molecule has 5 atom stereocenters. The highest BCUT2D eigenvalue weighted by molar-refractivity contribution is 9.10. The number of carbonyl (C=O) groups is 4. The van der Waals surface area contributed by atoms with Gasteiger partial charge < -0.3 is 29.2 Å². The number of halogens is 1. The molecule has 4 aliphatic rings. The Balaban J connectivity index is 1.35. The lowest BCUT2D eigenvalue weighted by Gasteiger charge is -2.30. The molecule has 2 aliphatic carbocycles. The quantitative estimate of drug-likeness (QED) is 0.277. The van der Waals surface area contributed by atoms with E-state index >= 15 is 0 Å². The fourth-order valence-corrected chi connectivity index (χ4v) is 9.54. The van der Waals surface area contributed by atoms with Crippen molar-refractivity contribution < 1.29 is 46.5 Å². The van der Waals surface area contributed by atoms with E-state index in [1.165, 1.54) is 4.90 Å². The van der Waals surface area contributed by atoms with Crippen molar-refractivity contribution in [3.63, 3.8) is 0 Å². The summed E-state index contributed by atoms with van der Waals surface area (Å²) in [6.07, 6.45) is 6.60. The molecule has 0 radical (unpaired) electrons. The molecular formula is C40H53BrN4O10S. The van der Waals surface area contributed by atoms with Crippen molar-refractivity contribution in [2.45, 2.75) is 134 Å². The van der Waals surface area contributed by atoms with Gasteiger partial charge in [0.1, 0.15) is 29.2 Å². The molecule has 2 N–H and O–H groups in total. The number of aromatic nitrogens is 1. The predicted octanol–water partition coefficient (Wildman–Crippen LogP) is 6.13. The minimum atomic E-state index is -3.87. The van der Waals surface area contributed by atoms with E-state index < -0.39 is 62.4 Å². The Hall–Kier alpha value is -3.92.